The topological polar surface area (TPSA) is 82.5 Å². The second-order valence-corrected chi connectivity index (χ2v) is 6.88. The van der Waals surface area contributed by atoms with Gasteiger partial charge in [0.1, 0.15) is 0 Å². The Morgan fingerprint density at radius 1 is 1.31 bits per heavy atom. The normalized spacial score (nSPS) is 15.4. The minimum atomic E-state index is -0.141. The van der Waals surface area contributed by atoms with E-state index in [9.17, 15) is 9.59 Å². The Bertz CT molecular complexity index is 853. The Kier molecular flexibility index (Phi) is 5.82. The molecule has 1 aromatic carbocycles. The second-order valence-electron chi connectivity index (χ2n) is 5.89. The number of amides is 1. The van der Waals surface area contributed by atoms with Crippen LogP contribution in [0.25, 0.3) is 0 Å². The van der Waals surface area contributed by atoms with Gasteiger partial charge in [-0.25, -0.2) is 4.98 Å². The van der Waals surface area contributed by atoms with Crippen molar-refractivity contribution in [3.8, 4) is 11.5 Å². The molecule has 0 fully saturated rings. The molecule has 0 saturated carbocycles. The maximum Gasteiger partial charge on any atom is 0.254 e. The fraction of sp³-hybridized carbons (Fsp3) is 0.389. The summed E-state index contributed by atoms with van der Waals surface area (Å²) in [4.78, 5) is 28.4. The zero-order valence-electron chi connectivity index (χ0n) is 14.7. The van der Waals surface area contributed by atoms with Gasteiger partial charge < -0.3 is 14.8 Å². The molecular formula is C18H21N3O4S. The summed E-state index contributed by atoms with van der Waals surface area (Å²) >= 11 is 1.51. The number of carbonyl (C=O) groups excluding carboxylic acids is 1. The van der Waals surface area contributed by atoms with Crippen molar-refractivity contribution in [1.82, 2.24) is 14.9 Å². The first kappa shape index (κ1) is 18.3. The third-order valence-corrected chi connectivity index (χ3v) is 5.33. The van der Waals surface area contributed by atoms with E-state index in [0.717, 1.165) is 5.56 Å². The summed E-state index contributed by atoms with van der Waals surface area (Å²) in [5, 5.41) is 3.60. The van der Waals surface area contributed by atoms with Gasteiger partial charge >= 0.3 is 0 Å². The molecule has 8 heteroatoms. The van der Waals surface area contributed by atoms with Gasteiger partial charge in [0, 0.05) is 31.0 Å². The Balaban J connectivity index is 1.52. The highest BCUT2D eigenvalue weighted by Crippen LogP contribution is 2.31. The number of fused-ring (bicyclic) bond motifs is 1. The first-order valence-corrected chi connectivity index (χ1v) is 9.29. The number of benzene rings is 1. The van der Waals surface area contributed by atoms with Crippen LogP contribution in [0.2, 0.25) is 0 Å². The zero-order chi connectivity index (χ0) is 18.5. The molecular weight excluding hydrogens is 354 g/mol. The van der Waals surface area contributed by atoms with Crippen molar-refractivity contribution >= 4 is 17.7 Å². The van der Waals surface area contributed by atoms with Gasteiger partial charge in [-0.05, 0) is 24.1 Å². The van der Waals surface area contributed by atoms with Crippen LogP contribution in [-0.2, 0) is 11.2 Å². The summed E-state index contributed by atoms with van der Waals surface area (Å²) in [5.74, 6) is 1.97. The minimum absolute atomic E-state index is 0.0697. The van der Waals surface area contributed by atoms with E-state index in [1.54, 1.807) is 18.8 Å². The van der Waals surface area contributed by atoms with E-state index in [-0.39, 0.29) is 23.9 Å². The van der Waals surface area contributed by atoms with Gasteiger partial charge in [-0.3, -0.25) is 14.2 Å². The lowest BCUT2D eigenvalue weighted by Gasteiger charge is -2.13. The average molecular weight is 375 g/mol. The van der Waals surface area contributed by atoms with Gasteiger partial charge in [-0.2, -0.15) is 0 Å². The number of aromatic nitrogens is 2. The Morgan fingerprint density at radius 2 is 2.12 bits per heavy atom. The van der Waals surface area contributed by atoms with Crippen LogP contribution in [0, 0.1) is 0 Å². The molecule has 1 aromatic heterocycles. The monoisotopic (exact) mass is 375 g/mol. The van der Waals surface area contributed by atoms with Crippen molar-refractivity contribution in [3.63, 3.8) is 0 Å². The molecule has 0 unspecified atom stereocenters. The smallest absolute Gasteiger partial charge is 0.254 e. The fourth-order valence-electron chi connectivity index (χ4n) is 2.91. The standard InChI is InChI=1S/C18H21N3O4S/c1-24-14-4-3-12(9-15(14)25-2)5-7-19-16(22)10-13-11-26-18-20-8-6-17(23)21(13)18/h3-4,6,8-9,13H,5,7,10-11H2,1-2H3,(H,19,22)/t13-/m1/s1. The number of ether oxygens (including phenoxy) is 2. The van der Waals surface area contributed by atoms with Crippen LogP contribution in [0.3, 0.4) is 0 Å². The van der Waals surface area contributed by atoms with Gasteiger partial charge in [0.05, 0.1) is 20.3 Å². The van der Waals surface area contributed by atoms with Gasteiger partial charge in [0.2, 0.25) is 5.91 Å². The first-order chi connectivity index (χ1) is 12.6. The molecule has 2 aromatic rings. The first-order valence-electron chi connectivity index (χ1n) is 8.30. The highest BCUT2D eigenvalue weighted by molar-refractivity contribution is 7.99. The molecule has 1 N–H and O–H groups in total. The molecule has 26 heavy (non-hydrogen) atoms. The lowest BCUT2D eigenvalue weighted by Crippen LogP contribution is -2.31. The molecule has 1 atom stereocenters. The summed E-state index contributed by atoms with van der Waals surface area (Å²) in [6.07, 6.45) is 2.47. The van der Waals surface area contributed by atoms with Crippen LogP contribution in [0.4, 0.5) is 0 Å². The Labute approximate surface area is 155 Å². The number of hydrogen-bond donors (Lipinski definition) is 1. The van der Waals surface area contributed by atoms with Gasteiger partial charge in [-0.15, -0.1) is 0 Å². The van der Waals surface area contributed by atoms with Crippen LogP contribution in [-0.4, -0.2) is 42.0 Å². The van der Waals surface area contributed by atoms with E-state index >= 15 is 0 Å². The molecule has 7 nitrogen and oxygen atoms in total. The van der Waals surface area contributed by atoms with Crippen molar-refractivity contribution in [2.45, 2.75) is 24.0 Å². The van der Waals surface area contributed by atoms with Crippen molar-refractivity contribution in [3.05, 3.63) is 46.4 Å². The summed E-state index contributed by atoms with van der Waals surface area (Å²) in [6.45, 7) is 0.517. The number of methoxy groups -OCH3 is 2. The Hall–Kier alpha value is -2.48. The van der Waals surface area contributed by atoms with E-state index in [2.05, 4.69) is 10.3 Å². The van der Waals surface area contributed by atoms with E-state index in [1.165, 1.54) is 24.0 Å². The molecule has 0 bridgehead atoms. The predicted octanol–water partition coefficient (Wildman–Crippen LogP) is 1.66. The maximum absolute atomic E-state index is 12.2. The van der Waals surface area contributed by atoms with Gasteiger partial charge in [-0.1, -0.05) is 17.8 Å². The van der Waals surface area contributed by atoms with E-state index in [0.29, 0.717) is 35.4 Å². The molecule has 0 aliphatic carbocycles. The summed E-state index contributed by atoms with van der Waals surface area (Å²) < 4.78 is 12.1. The van der Waals surface area contributed by atoms with Crippen LogP contribution < -0.4 is 20.3 Å². The highest BCUT2D eigenvalue weighted by atomic mass is 32.2. The quantitative estimate of drug-likeness (QED) is 0.741. The number of thioether (sulfide) groups is 1. The summed E-state index contributed by atoms with van der Waals surface area (Å²) in [6, 6.07) is 6.99. The molecule has 0 radical (unpaired) electrons. The SMILES string of the molecule is COc1ccc(CCNC(=O)C[C@@H]2CSc3nccc(=O)n32)cc1OC. The highest BCUT2D eigenvalue weighted by Gasteiger charge is 2.26. The largest absolute Gasteiger partial charge is 0.493 e. The Morgan fingerprint density at radius 3 is 2.88 bits per heavy atom. The molecule has 1 amide bonds. The number of nitrogens with zero attached hydrogens (tertiary/aromatic N) is 2. The number of rotatable bonds is 7. The van der Waals surface area contributed by atoms with Crippen molar-refractivity contribution in [1.29, 1.82) is 0 Å². The van der Waals surface area contributed by atoms with Crippen molar-refractivity contribution in [2.24, 2.45) is 0 Å². The second kappa shape index (κ2) is 8.27. The molecule has 3 rings (SSSR count). The molecule has 138 valence electrons. The molecule has 2 heterocycles. The average Bonchev–Trinajstić information content (AvgIpc) is 3.05. The van der Waals surface area contributed by atoms with Crippen LogP contribution in [0.15, 0.2) is 40.4 Å². The zero-order valence-corrected chi connectivity index (χ0v) is 15.5. The van der Waals surface area contributed by atoms with E-state index in [1.807, 2.05) is 18.2 Å². The van der Waals surface area contributed by atoms with E-state index in [4.69, 9.17) is 9.47 Å². The third-order valence-electron chi connectivity index (χ3n) is 4.22. The molecule has 0 spiro atoms. The molecule has 1 aliphatic rings. The van der Waals surface area contributed by atoms with E-state index < -0.39 is 0 Å². The number of hydrogen-bond acceptors (Lipinski definition) is 6. The van der Waals surface area contributed by atoms with Gasteiger partial charge in [0.15, 0.2) is 16.7 Å². The lowest BCUT2D eigenvalue weighted by atomic mass is 10.1. The summed E-state index contributed by atoms with van der Waals surface area (Å²) in [7, 11) is 3.19. The molecule has 0 saturated heterocycles. The van der Waals surface area contributed by atoms with Crippen LogP contribution in [0.1, 0.15) is 18.0 Å². The van der Waals surface area contributed by atoms with Crippen LogP contribution in [0.5, 0.6) is 11.5 Å². The van der Waals surface area contributed by atoms with Crippen molar-refractivity contribution < 1.29 is 14.3 Å². The lowest BCUT2D eigenvalue weighted by molar-refractivity contribution is -0.121. The minimum Gasteiger partial charge on any atom is -0.493 e. The van der Waals surface area contributed by atoms with Gasteiger partial charge in [0.25, 0.3) is 5.56 Å². The number of nitrogens with one attached hydrogen (secondary N) is 1. The fourth-order valence-corrected chi connectivity index (χ4v) is 4.03. The molecule has 1 aliphatic heterocycles. The predicted molar refractivity (Wildman–Crippen MR) is 99.1 cm³/mol. The number of carbonyl (C=O) groups is 1. The third kappa shape index (κ3) is 4.01. The van der Waals surface area contributed by atoms with Crippen molar-refractivity contribution in [2.75, 3.05) is 26.5 Å². The van der Waals surface area contributed by atoms with Crippen LogP contribution >= 0.6 is 11.8 Å². The maximum atomic E-state index is 12.2. The summed E-state index contributed by atoms with van der Waals surface area (Å²) in [5.41, 5.74) is 0.938.